The summed E-state index contributed by atoms with van der Waals surface area (Å²) in [6, 6.07) is 0. The summed E-state index contributed by atoms with van der Waals surface area (Å²) in [5.74, 6) is 0. The first-order valence-corrected chi connectivity index (χ1v) is 2.93. The first-order valence-electron chi connectivity index (χ1n) is 2.55. The van der Waals surface area contributed by atoms with Crippen molar-refractivity contribution in [3.63, 3.8) is 0 Å². The third-order valence-electron chi connectivity index (χ3n) is 0.476. The zero-order valence-electron chi connectivity index (χ0n) is 7.69. The molecule has 5 heteroatoms. The molecule has 0 heterocycles. The van der Waals surface area contributed by atoms with Gasteiger partial charge in [0.2, 0.25) is 0 Å². The summed E-state index contributed by atoms with van der Waals surface area (Å²) in [7, 11) is 0. The van der Waals surface area contributed by atoms with Crippen LogP contribution in [-0.2, 0) is 4.74 Å². The molecule has 0 aromatic heterocycles. The molecule has 0 unspecified atom stereocenters. The average molecular weight is 176 g/mol. The summed E-state index contributed by atoms with van der Waals surface area (Å²) in [4.78, 5) is 12.2. The van der Waals surface area contributed by atoms with Gasteiger partial charge in [-0.2, -0.15) is 0 Å². The molecule has 0 aliphatic rings. The predicted molar refractivity (Wildman–Crippen MR) is 36.3 cm³/mol. The molecule has 0 radical (unpaired) electrons. The molecule has 0 aliphatic carbocycles. The van der Waals surface area contributed by atoms with E-state index in [4.69, 9.17) is 16.5 Å². The summed E-state index contributed by atoms with van der Waals surface area (Å²) in [5.41, 5.74) is -0.473. The first-order chi connectivity index (χ1) is 3.95. The Hall–Kier alpha value is 0.560. The fourth-order valence-electron chi connectivity index (χ4n) is 0.297. The minimum atomic E-state index is -0.621. The van der Waals surface area contributed by atoms with Crippen LogP contribution in [0.4, 0.5) is 4.79 Å². The minimum absolute atomic E-state index is 0. The Morgan fingerprint density at radius 2 is 2.00 bits per heavy atom. The number of rotatable bonds is 0. The molecule has 0 aromatic rings. The van der Waals surface area contributed by atoms with Crippen molar-refractivity contribution in [1.29, 1.82) is 0 Å². The number of hydrogen-bond acceptors (Lipinski definition) is 2. The second kappa shape index (κ2) is 5.24. The van der Waals surface area contributed by atoms with Gasteiger partial charge in [0.1, 0.15) is 5.60 Å². The van der Waals surface area contributed by atoms with E-state index in [1.165, 1.54) is 0 Å². The first kappa shape index (κ1) is 13.2. The van der Waals surface area contributed by atoms with E-state index in [0.717, 1.165) is 0 Å². The van der Waals surface area contributed by atoms with Gasteiger partial charge >= 0.3 is 35.7 Å². The standard InChI is InChI=1S/C5H10ClNO2.Na.H/c1-5(2,3)9-4(8)7-6;;/h1-3H3,(H,7,8);;/q;+1;-1. The molecule has 10 heavy (non-hydrogen) atoms. The number of amides is 1. The monoisotopic (exact) mass is 175 g/mol. The van der Waals surface area contributed by atoms with Crippen molar-refractivity contribution < 1.29 is 40.5 Å². The van der Waals surface area contributed by atoms with Gasteiger partial charge in [-0.25, -0.2) is 9.63 Å². The van der Waals surface area contributed by atoms with Crippen LogP contribution in [0.5, 0.6) is 0 Å². The second-order valence-corrected chi connectivity index (χ2v) is 2.79. The van der Waals surface area contributed by atoms with Crippen LogP contribution < -0.4 is 34.4 Å². The van der Waals surface area contributed by atoms with Crippen molar-refractivity contribution in [3.05, 3.63) is 0 Å². The van der Waals surface area contributed by atoms with E-state index in [9.17, 15) is 4.79 Å². The number of hydrogen-bond donors (Lipinski definition) is 1. The van der Waals surface area contributed by atoms with Gasteiger partial charge in [0.05, 0.1) is 0 Å². The summed E-state index contributed by atoms with van der Waals surface area (Å²) in [5, 5.41) is 0. The van der Waals surface area contributed by atoms with Crippen molar-refractivity contribution in [2.24, 2.45) is 0 Å². The molecule has 0 fully saturated rings. The molecule has 1 amide bonds. The molecule has 3 nitrogen and oxygen atoms in total. The SMILES string of the molecule is CC(C)(C)OC(=O)NCl.[H-].[Na+]. The topological polar surface area (TPSA) is 38.3 Å². The van der Waals surface area contributed by atoms with E-state index in [2.05, 4.69) is 0 Å². The molecular weight excluding hydrogens is 165 g/mol. The molecule has 0 rings (SSSR count). The number of ether oxygens (including phenoxy) is 1. The third-order valence-corrected chi connectivity index (χ3v) is 0.630. The number of carbonyl (C=O) groups is 1. The zero-order valence-corrected chi connectivity index (χ0v) is 9.45. The molecule has 0 bridgehead atoms. The average Bonchev–Trinajstić information content (AvgIpc) is 1.62. The van der Waals surface area contributed by atoms with E-state index < -0.39 is 11.7 Å². The van der Waals surface area contributed by atoms with Crippen LogP contribution in [0.15, 0.2) is 0 Å². The van der Waals surface area contributed by atoms with E-state index in [-0.39, 0.29) is 31.0 Å². The van der Waals surface area contributed by atoms with Crippen molar-refractivity contribution in [2.45, 2.75) is 26.4 Å². The third kappa shape index (κ3) is 8.56. The Kier molecular flexibility index (Phi) is 6.90. The van der Waals surface area contributed by atoms with Crippen LogP contribution in [0.3, 0.4) is 0 Å². The Balaban J connectivity index is -0.000000320. The largest absolute Gasteiger partial charge is 1.00 e. The van der Waals surface area contributed by atoms with Gasteiger partial charge < -0.3 is 6.16 Å². The molecule has 0 saturated heterocycles. The van der Waals surface area contributed by atoms with Gasteiger partial charge in [-0.3, -0.25) is 0 Å². The summed E-state index contributed by atoms with van der Waals surface area (Å²) >= 11 is 4.93. The Labute approximate surface area is 89.3 Å². The maximum absolute atomic E-state index is 10.4. The van der Waals surface area contributed by atoms with Crippen molar-refractivity contribution >= 4 is 17.9 Å². The molecule has 0 aliphatic heterocycles. The summed E-state index contributed by atoms with van der Waals surface area (Å²) in [6.07, 6.45) is -0.621. The van der Waals surface area contributed by atoms with Crippen LogP contribution in [0, 0.1) is 0 Å². The van der Waals surface area contributed by atoms with Gasteiger partial charge in [-0.1, -0.05) is 0 Å². The number of halogens is 1. The predicted octanol–water partition coefficient (Wildman–Crippen LogP) is -1.22. The summed E-state index contributed by atoms with van der Waals surface area (Å²) < 4.78 is 4.70. The normalized spacial score (nSPS) is 9.60. The zero-order chi connectivity index (χ0) is 7.49. The van der Waals surface area contributed by atoms with Gasteiger partial charge in [-0.15, -0.1) is 0 Å². The van der Waals surface area contributed by atoms with Gasteiger partial charge in [0.15, 0.2) is 0 Å². The van der Waals surface area contributed by atoms with Gasteiger partial charge in [-0.05, 0) is 20.8 Å². The molecule has 0 spiro atoms. The van der Waals surface area contributed by atoms with E-state index >= 15 is 0 Å². The van der Waals surface area contributed by atoms with Crippen LogP contribution in [-0.4, -0.2) is 11.7 Å². The molecule has 1 N–H and O–H groups in total. The maximum Gasteiger partial charge on any atom is 1.00 e. The molecule has 0 aromatic carbocycles. The fraction of sp³-hybridized carbons (Fsp3) is 0.800. The maximum atomic E-state index is 10.4. The summed E-state index contributed by atoms with van der Waals surface area (Å²) in [6.45, 7) is 5.29. The van der Waals surface area contributed by atoms with Crippen molar-refractivity contribution in [2.75, 3.05) is 0 Å². The van der Waals surface area contributed by atoms with Crippen molar-refractivity contribution in [3.8, 4) is 0 Å². The molecule has 0 atom stereocenters. The van der Waals surface area contributed by atoms with Crippen LogP contribution in [0.2, 0.25) is 0 Å². The van der Waals surface area contributed by atoms with Crippen molar-refractivity contribution in [1.82, 2.24) is 4.84 Å². The molecular formula is C5H11ClNNaO2. The van der Waals surface area contributed by atoms with Crippen LogP contribution in [0.25, 0.3) is 0 Å². The smallest absolute Gasteiger partial charge is 1.00 e. The second-order valence-electron chi connectivity index (χ2n) is 2.60. The Bertz CT molecular complexity index is 118. The minimum Gasteiger partial charge on any atom is -1.00 e. The fourth-order valence-corrected chi connectivity index (χ4v) is 0.336. The van der Waals surface area contributed by atoms with Gasteiger partial charge in [0.25, 0.3) is 0 Å². The van der Waals surface area contributed by atoms with Crippen LogP contribution in [0.1, 0.15) is 22.2 Å². The van der Waals surface area contributed by atoms with Gasteiger partial charge in [0, 0.05) is 11.8 Å². The van der Waals surface area contributed by atoms with E-state index in [1.807, 2.05) is 4.84 Å². The molecule has 0 saturated carbocycles. The quantitative estimate of drug-likeness (QED) is 0.370. The Morgan fingerprint density at radius 1 is 1.60 bits per heavy atom. The van der Waals surface area contributed by atoms with Crippen LogP contribution >= 0.6 is 11.8 Å². The number of carbonyl (C=O) groups excluding carboxylic acids is 1. The Morgan fingerprint density at radius 3 is 2.10 bits per heavy atom. The van der Waals surface area contributed by atoms with E-state index in [1.54, 1.807) is 20.8 Å². The molecule has 56 valence electrons. The van der Waals surface area contributed by atoms with E-state index in [0.29, 0.717) is 0 Å². The number of nitrogens with one attached hydrogen (secondary N) is 1.